The molecule has 0 aliphatic heterocycles. The molecule has 0 saturated heterocycles. The number of esters is 1. The Labute approximate surface area is 104 Å². The smallest absolute Gasteiger partial charge is 0.343 e. The number of aromatic nitrogens is 1. The fourth-order valence-corrected chi connectivity index (χ4v) is 1.62. The number of hydrogen-bond donors (Lipinski definition) is 0. The molecule has 7 heteroatoms. The lowest BCUT2D eigenvalue weighted by Gasteiger charge is -2.09. The number of hydrogen-bond acceptors (Lipinski definition) is 3. The second kappa shape index (κ2) is 6.00. The van der Waals surface area contributed by atoms with Crippen molar-refractivity contribution in [2.24, 2.45) is 0 Å². The van der Waals surface area contributed by atoms with E-state index in [1.807, 2.05) is 0 Å². The highest BCUT2D eigenvalue weighted by Crippen LogP contribution is 2.23. The Morgan fingerprint density at radius 1 is 1.59 bits per heavy atom. The quantitative estimate of drug-likeness (QED) is 0.633. The number of rotatable bonds is 4. The Balaban J connectivity index is 3.25. The molecule has 1 aromatic rings. The summed E-state index contributed by atoms with van der Waals surface area (Å²) in [5.41, 5.74) is -1.21. The summed E-state index contributed by atoms with van der Waals surface area (Å²) in [6.07, 6.45) is -2.89. The van der Waals surface area contributed by atoms with Gasteiger partial charge in [-0.2, -0.15) is 0 Å². The Morgan fingerprint density at radius 2 is 2.24 bits per heavy atom. The van der Waals surface area contributed by atoms with E-state index in [1.54, 1.807) is 6.92 Å². The molecule has 0 saturated carbocycles. The third-order valence-electron chi connectivity index (χ3n) is 1.90. The fraction of sp³-hybridized carbons (Fsp3) is 0.400. The number of pyridine rings is 1. The molecule has 0 amide bonds. The molecule has 1 heterocycles. The van der Waals surface area contributed by atoms with E-state index in [2.05, 4.69) is 25.7 Å². The molecule has 0 aromatic carbocycles. The molecule has 0 fully saturated rings. The molecule has 0 atom stereocenters. The van der Waals surface area contributed by atoms with Gasteiger partial charge in [0.2, 0.25) is 0 Å². The van der Waals surface area contributed by atoms with Gasteiger partial charge in [-0.25, -0.2) is 22.9 Å². The molecule has 0 spiro atoms. The number of nitrogens with zero attached hydrogens (tertiary/aromatic N) is 1. The SMILES string of the molecule is CCOC(=O)c1c(F)cc(C(F)F)nc1CBr. The first-order valence-corrected chi connectivity index (χ1v) is 5.83. The second-order valence-corrected chi connectivity index (χ2v) is 3.57. The lowest BCUT2D eigenvalue weighted by molar-refractivity contribution is 0.0518. The molecular formula is C10H9BrF3NO2. The van der Waals surface area contributed by atoms with E-state index in [0.29, 0.717) is 6.07 Å². The number of carbonyl (C=O) groups is 1. The zero-order valence-corrected chi connectivity index (χ0v) is 10.4. The second-order valence-electron chi connectivity index (χ2n) is 3.01. The van der Waals surface area contributed by atoms with Crippen LogP contribution in [0.25, 0.3) is 0 Å². The predicted octanol–water partition coefficient (Wildman–Crippen LogP) is 3.23. The largest absolute Gasteiger partial charge is 0.462 e. The van der Waals surface area contributed by atoms with Crippen molar-refractivity contribution in [2.75, 3.05) is 6.61 Å². The highest BCUT2D eigenvalue weighted by molar-refractivity contribution is 9.08. The molecule has 17 heavy (non-hydrogen) atoms. The van der Waals surface area contributed by atoms with Gasteiger partial charge in [0.25, 0.3) is 6.43 Å². The lowest BCUT2D eigenvalue weighted by atomic mass is 10.1. The number of carbonyl (C=O) groups excluding carboxylic acids is 1. The fourth-order valence-electron chi connectivity index (χ4n) is 1.21. The van der Waals surface area contributed by atoms with Gasteiger partial charge in [0.1, 0.15) is 17.1 Å². The van der Waals surface area contributed by atoms with E-state index in [-0.39, 0.29) is 17.6 Å². The molecular weight excluding hydrogens is 303 g/mol. The highest BCUT2D eigenvalue weighted by atomic mass is 79.9. The topological polar surface area (TPSA) is 39.2 Å². The van der Waals surface area contributed by atoms with Crippen molar-refractivity contribution in [1.29, 1.82) is 0 Å². The standard InChI is InChI=1S/C10H9BrF3NO2/c1-2-17-10(16)8-5(12)3-6(9(13)14)15-7(8)4-11/h3,9H,2,4H2,1H3. The molecule has 94 valence electrons. The van der Waals surface area contributed by atoms with Crippen molar-refractivity contribution in [3.05, 3.63) is 28.8 Å². The Morgan fingerprint density at radius 3 is 2.71 bits per heavy atom. The Bertz CT molecular complexity index is 426. The molecule has 0 unspecified atom stereocenters. The molecule has 0 aliphatic carbocycles. The minimum absolute atomic E-state index is 0.0153. The van der Waals surface area contributed by atoms with Crippen molar-refractivity contribution < 1.29 is 22.7 Å². The average molecular weight is 312 g/mol. The van der Waals surface area contributed by atoms with Crippen LogP contribution >= 0.6 is 15.9 Å². The third kappa shape index (κ3) is 3.18. The van der Waals surface area contributed by atoms with Crippen molar-refractivity contribution in [3.63, 3.8) is 0 Å². The monoisotopic (exact) mass is 311 g/mol. The zero-order valence-electron chi connectivity index (χ0n) is 8.84. The minimum atomic E-state index is -2.89. The van der Waals surface area contributed by atoms with E-state index >= 15 is 0 Å². The van der Waals surface area contributed by atoms with Gasteiger partial charge in [-0.1, -0.05) is 15.9 Å². The third-order valence-corrected chi connectivity index (χ3v) is 2.43. The number of alkyl halides is 3. The van der Waals surface area contributed by atoms with E-state index in [9.17, 15) is 18.0 Å². The van der Waals surface area contributed by atoms with Gasteiger partial charge in [0.05, 0.1) is 12.3 Å². The first-order chi connectivity index (χ1) is 8.01. The maximum Gasteiger partial charge on any atom is 0.343 e. The molecule has 1 aromatic heterocycles. The minimum Gasteiger partial charge on any atom is -0.462 e. The van der Waals surface area contributed by atoms with Crippen LogP contribution in [0.15, 0.2) is 6.07 Å². The van der Waals surface area contributed by atoms with Crippen LogP contribution in [0.1, 0.15) is 35.1 Å². The summed E-state index contributed by atoms with van der Waals surface area (Å²) in [6, 6.07) is 0.545. The first-order valence-electron chi connectivity index (χ1n) is 4.71. The van der Waals surface area contributed by atoms with Crippen LogP contribution in [0.4, 0.5) is 13.2 Å². The van der Waals surface area contributed by atoms with Gasteiger partial charge >= 0.3 is 5.97 Å². The predicted molar refractivity (Wildman–Crippen MR) is 57.7 cm³/mol. The zero-order chi connectivity index (χ0) is 13.0. The summed E-state index contributed by atoms with van der Waals surface area (Å²) in [5.74, 6) is -1.96. The van der Waals surface area contributed by atoms with Crippen molar-refractivity contribution in [2.45, 2.75) is 18.7 Å². The first kappa shape index (κ1) is 14.0. The Hall–Kier alpha value is -1.11. The maximum atomic E-state index is 13.5. The summed E-state index contributed by atoms with van der Waals surface area (Å²) in [7, 11) is 0. The summed E-state index contributed by atoms with van der Waals surface area (Å²) in [5, 5.41) is -0.0153. The maximum absolute atomic E-state index is 13.5. The molecule has 0 bridgehead atoms. The van der Waals surface area contributed by atoms with Crippen LogP contribution in [0, 0.1) is 5.82 Å². The number of halogens is 4. The van der Waals surface area contributed by atoms with Crippen molar-refractivity contribution in [3.8, 4) is 0 Å². The average Bonchev–Trinajstić information content (AvgIpc) is 2.27. The molecule has 0 radical (unpaired) electrons. The van der Waals surface area contributed by atoms with Crippen LogP contribution in [-0.2, 0) is 10.1 Å². The van der Waals surface area contributed by atoms with E-state index in [1.165, 1.54) is 0 Å². The summed E-state index contributed by atoms with van der Waals surface area (Å²) in [6.45, 7) is 1.63. The molecule has 0 aliphatic rings. The highest BCUT2D eigenvalue weighted by Gasteiger charge is 2.22. The van der Waals surface area contributed by atoms with E-state index in [4.69, 9.17) is 0 Å². The van der Waals surface area contributed by atoms with E-state index < -0.39 is 29.5 Å². The van der Waals surface area contributed by atoms with Crippen LogP contribution in [0.3, 0.4) is 0 Å². The van der Waals surface area contributed by atoms with Crippen molar-refractivity contribution in [1.82, 2.24) is 4.98 Å². The molecule has 3 nitrogen and oxygen atoms in total. The van der Waals surface area contributed by atoms with Gasteiger partial charge in [-0.05, 0) is 6.92 Å². The molecule has 1 rings (SSSR count). The van der Waals surface area contributed by atoms with Crippen LogP contribution in [-0.4, -0.2) is 17.6 Å². The van der Waals surface area contributed by atoms with Gasteiger partial charge in [-0.3, -0.25) is 0 Å². The summed E-state index contributed by atoms with van der Waals surface area (Å²) in [4.78, 5) is 14.9. The summed E-state index contributed by atoms with van der Waals surface area (Å²) >= 11 is 2.96. The lowest BCUT2D eigenvalue weighted by Crippen LogP contribution is -2.13. The van der Waals surface area contributed by atoms with Gasteiger partial charge < -0.3 is 4.74 Å². The van der Waals surface area contributed by atoms with Gasteiger partial charge in [0.15, 0.2) is 0 Å². The van der Waals surface area contributed by atoms with Gasteiger partial charge in [-0.15, -0.1) is 0 Å². The van der Waals surface area contributed by atoms with Crippen LogP contribution in [0.2, 0.25) is 0 Å². The number of ether oxygens (including phenoxy) is 1. The molecule has 0 N–H and O–H groups in total. The van der Waals surface area contributed by atoms with Crippen molar-refractivity contribution >= 4 is 21.9 Å². The van der Waals surface area contributed by atoms with E-state index in [0.717, 1.165) is 0 Å². The van der Waals surface area contributed by atoms with Gasteiger partial charge in [0, 0.05) is 11.4 Å². The summed E-state index contributed by atoms with van der Waals surface area (Å²) < 4.78 is 42.9. The van der Waals surface area contributed by atoms with Crippen LogP contribution < -0.4 is 0 Å². The normalized spacial score (nSPS) is 10.7. The Kier molecular flexibility index (Phi) is 4.92. The van der Waals surface area contributed by atoms with Crippen LogP contribution in [0.5, 0.6) is 0 Å².